The molecule has 1 nitrogen and oxygen atoms in total. The Bertz CT molecular complexity index is 356. The van der Waals surface area contributed by atoms with Gasteiger partial charge < -0.3 is 16.3 Å². The van der Waals surface area contributed by atoms with Crippen LogP contribution in [-0.2, 0) is 32.7 Å². The Morgan fingerprint density at radius 1 is 1.38 bits per heavy atom. The number of aryl methyl sites for hydroxylation is 2. The van der Waals surface area contributed by atoms with Crippen molar-refractivity contribution in [2.24, 2.45) is 0 Å². The fraction of sp³-hybridized carbons (Fsp3) is 0.200. The number of rotatable bonds is 1. The molecule has 0 aromatic carbocycles. The van der Waals surface area contributed by atoms with Gasteiger partial charge in [0.25, 0.3) is 0 Å². The number of H-pyrrole nitrogens is 1. The molecule has 0 aliphatic heterocycles. The Balaban J connectivity index is 0.000000845. The van der Waals surface area contributed by atoms with Crippen molar-refractivity contribution in [3.63, 3.8) is 0 Å². The minimum atomic E-state index is 0. The van der Waals surface area contributed by atoms with E-state index in [0.29, 0.717) is 0 Å². The van der Waals surface area contributed by atoms with Gasteiger partial charge in [0.1, 0.15) is 0 Å². The normalized spacial score (nSPS) is 9.69. The summed E-state index contributed by atoms with van der Waals surface area (Å²) in [6.07, 6.45) is 0. The van der Waals surface area contributed by atoms with E-state index in [0.717, 1.165) is 10.6 Å². The van der Waals surface area contributed by atoms with Crippen LogP contribution in [0.4, 0.5) is 0 Å². The second-order valence-electron chi connectivity index (χ2n) is 2.77. The Morgan fingerprint density at radius 2 is 2.15 bits per heavy atom. The summed E-state index contributed by atoms with van der Waals surface area (Å²) in [6, 6.07) is 8.35. The minimum absolute atomic E-state index is 0. The molecule has 2 rings (SSSR count). The van der Waals surface area contributed by atoms with Gasteiger partial charge in [-0.05, 0) is 0 Å². The molecule has 0 atom stereocenters. The Labute approximate surface area is 107 Å². The van der Waals surface area contributed by atoms with Crippen LogP contribution < -0.4 is 0 Å². The summed E-state index contributed by atoms with van der Waals surface area (Å²) in [5.41, 5.74) is 3.43. The second kappa shape index (κ2) is 4.54. The smallest absolute Gasteiger partial charge is 0 e. The molecular weight excluding hydrogens is 255 g/mol. The molecule has 0 spiro atoms. The number of hydrogen-bond donors (Lipinski definition) is 1. The summed E-state index contributed by atoms with van der Waals surface area (Å²) < 4.78 is 0. The zero-order valence-electron chi connectivity index (χ0n) is 7.64. The largest absolute Gasteiger partial charge is 0.484 e. The molecule has 0 aliphatic rings. The molecule has 0 saturated carbocycles. The van der Waals surface area contributed by atoms with Crippen LogP contribution in [0, 0.1) is 26.0 Å². The van der Waals surface area contributed by atoms with E-state index in [-0.39, 0.29) is 32.7 Å². The van der Waals surface area contributed by atoms with Crippen molar-refractivity contribution in [3.05, 3.63) is 34.8 Å². The zero-order valence-corrected chi connectivity index (χ0v) is 11.3. The van der Waals surface area contributed by atoms with Crippen LogP contribution in [0.1, 0.15) is 11.3 Å². The third-order valence-electron chi connectivity index (χ3n) is 1.88. The zero-order chi connectivity index (χ0) is 8.55. The Hall–Kier alpha value is 0.0839. The molecule has 3 heteroatoms. The van der Waals surface area contributed by atoms with Gasteiger partial charge in [-0.15, -0.1) is 5.38 Å². The van der Waals surface area contributed by atoms with Crippen molar-refractivity contribution in [1.82, 2.24) is 4.98 Å². The molecule has 1 N–H and O–H groups in total. The molecule has 0 amide bonds. The molecule has 0 aliphatic carbocycles. The molecule has 13 heavy (non-hydrogen) atoms. The minimum Gasteiger partial charge on any atom is -0.484 e. The van der Waals surface area contributed by atoms with Crippen LogP contribution in [0.5, 0.6) is 0 Å². The predicted octanol–water partition coefficient (Wildman–Crippen LogP) is 2.96. The quantitative estimate of drug-likeness (QED) is 0.762. The maximum Gasteiger partial charge on any atom is 0 e. The predicted molar refractivity (Wildman–Crippen MR) is 51.3 cm³/mol. The van der Waals surface area contributed by atoms with E-state index in [1.54, 1.807) is 11.3 Å². The summed E-state index contributed by atoms with van der Waals surface area (Å²) in [5.74, 6) is 0. The Morgan fingerprint density at radius 3 is 2.62 bits per heavy atom. The summed E-state index contributed by atoms with van der Waals surface area (Å²) in [6.45, 7) is 4.12. The molecule has 0 unspecified atom stereocenters. The van der Waals surface area contributed by atoms with Crippen LogP contribution in [0.15, 0.2) is 11.4 Å². The average molecular weight is 264 g/mol. The first-order valence-electron chi connectivity index (χ1n) is 3.81. The summed E-state index contributed by atoms with van der Waals surface area (Å²) in [7, 11) is 0. The fourth-order valence-electron chi connectivity index (χ4n) is 1.08. The average Bonchev–Trinajstić information content (AvgIpc) is 2.61. The van der Waals surface area contributed by atoms with Gasteiger partial charge in [0.05, 0.1) is 0 Å². The summed E-state index contributed by atoms with van der Waals surface area (Å²) in [5, 5.41) is 2.02. The van der Waals surface area contributed by atoms with Gasteiger partial charge in [0.15, 0.2) is 0 Å². The molecular formula is C10H9NSY-2. The van der Waals surface area contributed by atoms with E-state index in [2.05, 4.69) is 31.0 Å². The first-order valence-corrected chi connectivity index (χ1v) is 4.69. The third-order valence-corrected chi connectivity index (χ3v) is 2.71. The SMILES string of the molecule is Cc1[c-]c(-c2[c-]ccs2)[nH]c1C.[Y]. The van der Waals surface area contributed by atoms with Crippen LogP contribution in [0.25, 0.3) is 10.6 Å². The van der Waals surface area contributed by atoms with Crippen molar-refractivity contribution in [3.8, 4) is 10.6 Å². The first kappa shape index (κ1) is 11.2. The number of nitrogens with one attached hydrogen (secondary N) is 1. The van der Waals surface area contributed by atoms with Crippen molar-refractivity contribution < 1.29 is 32.7 Å². The monoisotopic (exact) mass is 264 g/mol. The summed E-state index contributed by atoms with van der Waals surface area (Å²) >= 11 is 1.68. The van der Waals surface area contributed by atoms with Crippen molar-refractivity contribution in [1.29, 1.82) is 0 Å². The molecule has 1 radical (unpaired) electrons. The van der Waals surface area contributed by atoms with E-state index in [1.807, 2.05) is 11.4 Å². The van der Waals surface area contributed by atoms with Crippen molar-refractivity contribution in [2.75, 3.05) is 0 Å². The molecule has 65 valence electrons. The van der Waals surface area contributed by atoms with E-state index in [9.17, 15) is 0 Å². The molecule has 0 saturated heterocycles. The molecule has 2 aromatic heterocycles. The maximum absolute atomic E-state index is 3.27. The number of hydrogen-bond acceptors (Lipinski definition) is 1. The fourth-order valence-corrected chi connectivity index (χ4v) is 1.71. The maximum atomic E-state index is 3.27. The van der Waals surface area contributed by atoms with Crippen molar-refractivity contribution >= 4 is 11.3 Å². The Kier molecular flexibility index (Phi) is 3.90. The van der Waals surface area contributed by atoms with E-state index >= 15 is 0 Å². The third kappa shape index (κ3) is 2.31. The number of aromatic amines is 1. The van der Waals surface area contributed by atoms with Gasteiger partial charge in [-0.1, -0.05) is 19.5 Å². The van der Waals surface area contributed by atoms with Gasteiger partial charge in [-0.2, -0.15) is 22.2 Å². The van der Waals surface area contributed by atoms with E-state index < -0.39 is 0 Å². The topological polar surface area (TPSA) is 15.8 Å². The second-order valence-corrected chi connectivity index (χ2v) is 3.69. The van der Waals surface area contributed by atoms with Gasteiger partial charge in [0, 0.05) is 32.7 Å². The van der Waals surface area contributed by atoms with Crippen LogP contribution >= 0.6 is 11.3 Å². The molecule has 0 fully saturated rings. The van der Waals surface area contributed by atoms with Crippen LogP contribution in [0.3, 0.4) is 0 Å². The van der Waals surface area contributed by atoms with Gasteiger partial charge in [0.2, 0.25) is 0 Å². The first-order chi connectivity index (χ1) is 5.77. The molecule has 2 heterocycles. The van der Waals surface area contributed by atoms with Crippen molar-refractivity contribution in [2.45, 2.75) is 13.8 Å². The van der Waals surface area contributed by atoms with Gasteiger partial charge in [-0.3, -0.25) is 0 Å². The van der Waals surface area contributed by atoms with Gasteiger partial charge >= 0.3 is 0 Å². The van der Waals surface area contributed by atoms with Crippen LogP contribution in [-0.4, -0.2) is 4.98 Å². The number of thiophene rings is 1. The standard InChI is InChI=1S/C10H9NS.Y/c1-7-6-9(11-8(7)2)10-4-3-5-12-10;/h3,5,11H,1-2H3;/q-2;. The van der Waals surface area contributed by atoms with Gasteiger partial charge in [-0.25, -0.2) is 12.1 Å². The van der Waals surface area contributed by atoms with E-state index in [4.69, 9.17) is 0 Å². The van der Waals surface area contributed by atoms with E-state index in [1.165, 1.54) is 11.3 Å². The molecule has 2 aromatic rings. The van der Waals surface area contributed by atoms with Crippen LogP contribution in [0.2, 0.25) is 0 Å². The molecule has 0 bridgehead atoms. The number of aromatic nitrogens is 1. The summed E-state index contributed by atoms with van der Waals surface area (Å²) in [4.78, 5) is 4.40.